The molecule has 138 valence electrons. The number of nitrogens with zero attached hydrogens (tertiary/aromatic N) is 3. The fraction of sp³-hybridized carbons (Fsp3) is 0.0435. The van der Waals surface area contributed by atoms with Crippen molar-refractivity contribution in [1.29, 1.82) is 0 Å². The first-order valence-electron chi connectivity index (χ1n) is 8.93. The highest BCUT2D eigenvalue weighted by Gasteiger charge is 2.42. The van der Waals surface area contributed by atoms with E-state index < -0.39 is 5.54 Å². The average Bonchev–Trinajstić information content (AvgIpc) is 2.77. The summed E-state index contributed by atoms with van der Waals surface area (Å²) in [6.45, 7) is 0. The topological polar surface area (TPSA) is 55.0 Å². The van der Waals surface area contributed by atoms with Crippen LogP contribution in [0.1, 0.15) is 16.7 Å². The zero-order valence-corrected chi connectivity index (χ0v) is 15.9. The number of rotatable bonds is 5. The Kier molecular flexibility index (Phi) is 5.06. The fourth-order valence-electron chi connectivity index (χ4n) is 3.56. The van der Waals surface area contributed by atoms with E-state index in [-0.39, 0.29) is 0 Å². The molecule has 0 fully saturated rings. The zero-order chi connectivity index (χ0) is 19.4. The highest BCUT2D eigenvalue weighted by Crippen LogP contribution is 2.42. The Morgan fingerprint density at radius 2 is 1.04 bits per heavy atom. The number of halogens is 1. The predicted octanol–water partition coefficient (Wildman–Crippen LogP) is 4.80. The SMILES string of the molecule is NN(c1ccc(Cl)nn1)C(c1ccccc1)(c1ccccc1)c1ccccc1. The van der Waals surface area contributed by atoms with Gasteiger partial charge in [-0.3, -0.25) is 5.01 Å². The highest BCUT2D eigenvalue weighted by molar-refractivity contribution is 6.29. The Morgan fingerprint density at radius 1 is 0.607 bits per heavy atom. The second-order valence-electron chi connectivity index (χ2n) is 6.39. The van der Waals surface area contributed by atoms with E-state index in [0.29, 0.717) is 11.0 Å². The zero-order valence-electron chi connectivity index (χ0n) is 15.1. The molecule has 0 amide bonds. The summed E-state index contributed by atoms with van der Waals surface area (Å²) >= 11 is 5.95. The van der Waals surface area contributed by atoms with Gasteiger partial charge >= 0.3 is 0 Å². The summed E-state index contributed by atoms with van der Waals surface area (Å²) in [5, 5.41) is 10.2. The van der Waals surface area contributed by atoms with Crippen LogP contribution in [-0.4, -0.2) is 10.2 Å². The molecule has 0 saturated heterocycles. The number of hydrogen-bond acceptors (Lipinski definition) is 4. The monoisotopic (exact) mass is 386 g/mol. The van der Waals surface area contributed by atoms with E-state index in [1.165, 1.54) is 0 Å². The molecule has 28 heavy (non-hydrogen) atoms. The summed E-state index contributed by atoms with van der Waals surface area (Å²) in [5.41, 5.74) is 2.26. The molecule has 4 nitrogen and oxygen atoms in total. The largest absolute Gasteiger partial charge is 0.273 e. The third-order valence-electron chi connectivity index (χ3n) is 4.80. The number of nitrogens with two attached hydrogens (primary N) is 1. The maximum atomic E-state index is 6.81. The molecule has 0 atom stereocenters. The van der Waals surface area contributed by atoms with Gasteiger partial charge in [-0.15, -0.1) is 10.2 Å². The van der Waals surface area contributed by atoms with E-state index in [1.54, 1.807) is 17.1 Å². The van der Waals surface area contributed by atoms with Crippen molar-refractivity contribution in [1.82, 2.24) is 10.2 Å². The van der Waals surface area contributed by atoms with Crippen LogP contribution in [0.3, 0.4) is 0 Å². The van der Waals surface area contributed by atoms with Crippen LogP contribution in [0.5, 0.6) is 0 Å². The molecule has 0 aliphatic rings. The first kappa shape index (κ1) is 18.2. The molecule has 4 rings (SSSR count). The number of benzene rings is 3. The van der Waals surface area contributed by atoms with Crippen molar-refractivity contribution < 1.29 is 0 Å². The standard InChI is InChI=1S/C23H19ClN4/c24-21-16-17-22(27-26-21)28(25)23(18-10-4-1-5-11-18,19-12-6-2-7-13-19)20-14-8-3-9-15-20/h1-17H,25H2. The van der Waals surface area contributed by atoms with Crippen LogP contribution in [0.25, 0.3) is 0 Å². The number of anilines is 1. The summed E-state index contributed by atoms with van der Waals surface area (Å²) in [7, 11) is 0. The van der Waals surface area contributed by atoms with E-state index in [4.69, 9.17) is 17.4 Å². The van der Waals surface area contributed by atoms with Crippen LogP contribution in [0.4, 0.5) is 5.82 Å². The van der Waals surface area contributed by atoms with Gasteiger partial charge < -0.3 is 0 Å². The van der Waals surface area contributed by atoms with E-state index >= 15 is 0 Å². The number of hydrogen-bond donors (Lipinski definition) is 1. The Hall–Kier alpha value is -3.21. The van der Waals surface area contributed by atoms with Crippen LogP contribution in [0, 0.1) is 0 Å². The van der Waals surface area contributed by atoms with Gasteiger partial charge in [0.1, 0.15) is 5.54 Å². The normalized spacial score (nSPS) is 11.2. The highest BCUT2D eigenvalue weighted by atomic mass is 35.5. The van der Waals surface area contributed by atoms with Gasteiger partial charge in [0.15, 0.2) is 11.0 Å². The summed E-state index contributed by atoms with van der Waals surface area (Å²) in [5.74, 6) is 7.32. The van der Waals surface area contributed by atoms with Crippen molar-refractivity contribution >= 4 is 17.4 Å². The molecular weight excluding hydrogens is 368 g/mol. The molecular formula is C23H19ClN4. The first-order valence-corrected chi connectivity index (χ1v) is 9.31. The van der Waals surface area contributed by atoms with E-state index in [9.17, 15) is 0 Å². The minimum absolute atomic E-state index is 0.321. The molecule has 0 radical (unpaired) electrons. The Morgan fingerprint density at radius 3 is 1.39 bits per heavy atom. The summed E-state index contributed by atoms with van der Waals surface area (Å²) in [4.78, 5) is 0. The van der Waals surface area contributed by atoms with Gasteiger partial charge in [-0.1, -0.05) is 103 Å². The molecule has 0 spiro atoms. The maximum Gasteiger partial charge on any atom is 0.166 e. The Balaban J connectivity index is 2.05. The molecule has 2 N–H and O–H groups in total. The second-order valence-corrected chi connectivity index (χ2v) is 6.78. The van der Waals surface area contributed by atoms with Crippen LogP contribution in [-0.2, 0) is 5.54 Å². The molecule has 5 heteroatoms. The summed E-state index contributed by atoms with van der Waals surface area (Å²) in [6, 6.07) is 33.9. The quantitative estimate of drug-likeness (QED) is 0.304. The number of aromatic nitrogens is 2. The lowest BCUT2D eigenvalue weighted by Crippen LogP contribution is -2.53. The summed E-state index contributed by atoms with van der Waals surface area (Å²) < 4.78 is 0. The van der Waals surface area contributed by atoms with Gasteiger partial charge in [0, 0.05) is 0 Å². The van der Waals surface area contributed by atoms with Crippen LogP contribution in [0.15, 0.2) is 103 Å². The van der Waals surface area contributed by atoms with Gasteiger partial charge in [0.25, 0.3) is 0 Å². The predicted molar refractivity (Wildman–Crippen MR) is 113 cm³/mol. The molecule has 3 aromatic carbocycles. The van der Waals surface area contributed by atoms with E-state index in [0.717, 1.165) is 16.7 Å². The number of hydrazine groups is 1. The van der Waals surface area contributed by atoms with Crippen molar-refractivity contribution in [3.8, 4) is 0 Å². The first-order chi connectivity index (χ1) is 13.7. The molecule has 1 aromatic heterocycles. The lowest BCUT2D eigenvalue weighted by molar-refractivity contribution is 0.562. The maximum absolute atomic E-state index is 6.81. The van der Waals surface area contributed by atoms with Crippen molar-refractivity contribution in [3.05, 3.63) is 125 Å². The summed E-state index contributed by atoms with van der Waals surface area (Å²) in [6.07, 6.45) is 0. The second kappa shape index (κ2) is 7.80. The molecule has 0 aliphatic heterocycles. The van der Waals surface area contributed by atoms with Gasteiger partial charge in [0.2, 0.25) is 0 Å². The molecule has 1 heterocycles. The van der Waals surface area contributed by atoms with E-state index in [1.807, 2.05) is 54.6 Å². The van der Waals surface area contributed by atoms with Crippen molar-refractivity contribution in [3.63, 3.8) is 0 Å². The lowest BCUT2D eigenvalue weighted by Gasteiger charge is -2.43. The molecule has 4 aromatic rings. The van der Waals surface area contributed by atoms with Crippen LogP contribution >= 0.6 is 11.6 Å². The van der Waals surface area contributed by atoms with Gasteiger partial charge in [-0.25, -0.2) is 5.84 Å². The Labute approximate surface area is 169 Å². The van der Waals surface area contributed by atoms with Crippen LogP contribution < -0.4 is 10.9 Å². The third-order valence-corrected chi connectivity index (χ3v) is 5.00. The van der Waals surface area contributed by atoms with Crippen molar-refractivity contribution in [2.24, 2.45) is 5.84 Å². The average molecular weight is 387 g/mol. The molecule has 0 saturated carbocycles. The van der Waals surface area contributed by atoms with Crippen molar-refractivity contribution in [2.75, 3.05) is 5.01 Å². The minimum atomic E-state index is -0.799. The van der Waals surface area contributed by atoms with Gasteiger partial charge in [-0.05, 0) is 28.8 Å². The van der Waals surface area contributed by atoms with Crippen LogP contribution in [0.2, 0.25) is 5.15 Å². The fourth-order valence-corrected chi connectivity index (χ4v) is 3.67. The smallest absolute Gasteiger partial charge is 0.166 e. The minimum Gasteiger partial charge on any atom is -0.273 e. The van der Waals surface area contributed by atoms with Gasteiger partial charge in [0.05, 0.1) is 0 Å². The lowest BCUT2D eigenvalue weighted by atomic mass is 9.76. The molecule has 0 unspecified atom stereocenters. The molecule has 0 bridgehead atoms. The van der Waals surface area contributed by atoms with Crippen molar-refractivity contribution in [2.45, 2.75) is 5.54 Å². The Bertz CT molecular complexity index is 926. The van der Waals surface area contributed by atoms with E-state index in [2.05, 4.69) is 46.6 Å². The third kappa shape index (κ3) is 3.13. The van der Waals surface area contributed by atoms with Gasteiger partial charge in [-0.2, -0.15) is 0 Å². The molecule has 0 aliphatic carbocycles.